The molecule has 0 bridgehead atoms. The summed E-state index contributed by atoms with van der Waals surface area (Å²) in [4.78, 5) is 20.1. The van der Waals surface area contributed by atoms with Gasteiger partial charge in [-0.2, -0.15) is 13.5 Å². The molecule has 2 amide bonds. The second-order valence-corrected chi connectivity index (χ2v) is 4.29. The van der Waals surface area contributed by atoms with Crippen molar-refractivity contribution in [3.05, 3.63) is 71.8 Å². The Morgan fingerprint density at radius 2 is 1.00 bits per heavy atom. The molecule has 0 spiro atoms. The first-order valence-corrected chi connectivity index (χ1v) is 6.59. The van der Waals surface area contributed by atoms with Crippen LogP contribution in [0.25, 0.3) is 0 Å². The predicted octanol–water partition coefficient (Wildman–Crippen LogP) is 3.02. The zero-order chi connectivity index (χ0) is 16.2. The van der Waals surface area contributed by atoms with Crippen molar-refractivity contribution in [3.63, 3.8) is 0 Å². The molecule has 2 aromatic rings. The minimum atomic E-state index is -0.992. The first kappa shape index (κ1) is 20.3. The predicted molar refractivity (Wildman–Crippen MR) is 93.0 cm³/mol. The lowest BCUT2D eigenvalue weighted by Gasteiger charge is -1.98. The fourth-order valence-corrected chi connectivity index (χ4v) is 1.55. The van der Waals surface area contributed by atoms with E-state index in [1.165, 1.54) is 0 Å². The normalized spacial score (nSPS) is 8.70. The van der Waals surface area contributed by atoms with Crippen LogP contribution in [0.15, 0.2) is 60.7 Å². The Hall–Kier alpha value is -2.67. The monoisotopic (exact) mass is 336 g/mol. The first-order chi connectivity index (χ1) is 10.6. The van der Waals surface area contributed by atoms with E-state index in [9.17, 15) is 9.59 Å². The summed E-state index contributed by atoms with van der Waals surface area (Å²) in [5, 5.41) is 21.1. The SMILES string of the molecule is O=C(O)NCc1ccccc1.O=C(O)NCc1ccccc1.S. The smallest absolute Gasteiger partial charge is 0.404 e. The second-order valence-electron chi connectivity index (χ2n) is 4.29. The minimum Gasteiger partial charge on any atom is -0.465 e. The van der Waals surface area contributed by atoms with Gasteiger partial charge in [0, 0.05) is 13.1 Å². The maximum Gasteiger partial charge on any atom is 0.404 e. The molecule has 0 unspecified atom stereocenters. The van der Waals surface area contributed by atoms with Crippen LogP contribution in [-0.4, -0.2) is 22.4 Å². The molecule has 0 aliphatic rings. The van der Waals surface area contributed by atoms with Gasteiger partial charge in [0.15, 0.2) is 0 Å². The molecular weight excluding hydrogens is 316 g/mol. The highest BCUT2D eigenvalue weighted by atomic mass is 32.1. The number of nitrogens with one attached hydrogen (secondary N) is 2. The fourth-order valence-electron chi connectivity index (χ4n) is 1.55. The van der Waals surface area contributed by atoms with Gasteiger partial charge in [0.1, 0.15) is 0 Å². The lowest BCUT2D eigenvalue weighted by molar-refractivity contribution is 0.192. The molecule has 0 atom stereocenters. The minimum absolute atomic E-state index is 0. The third kappa shape index (κ3) is 10.7. The number of rotatable bonds is 4. The van der Waals surface area contributed by atoms with Gasteiger partial charge in [-0.25, -0.2) is 9.59 Å². The highest BCUT2D eigenvalue weighted by Gasteiger charge is 1.94. The number of hydrogen-bond donors (Lipinski definition) is 4. The maximum atomic E-state index is 10.1. The van der Waals surface area contributed by atoms with E-state index in [0.717, 1.165) is 11.1 Å². The summed E-state index contributed by atoms with van der Waals surface area (Å²) in [6.07, 6.45) is -1.98. The Labute approximate surface area is 141 Å². The molecule has 23 heavy (non-hydrogen) atoms. The van der Waals surface area contributed by atoms with Gasteiger partial charge in [-0.3, -0.25) is 0 Å². The van der Waals surface area contributed by atoms with Crippen LogP contribution < -0.4 is 10.6 Å². The molecular formula is C16H20N2O4S. The number of benzene rings is 2. The summed E-state index contributed by atoms with van der Waals surface area (Å²) in [6.45, 7) is 0.742. The molecule has 7 heteroatoms. The molecule has 0 saturated carbocycles. The summed E-state index contributed by atoms with van der Waals surface area (Å²) < 4.78 is 0. The van der Waals surface area contributed by atoms with Crippen LogP contribution in [0.2, 0.25) is 0 Å². The van der Waals surface area contributed by atoms with Crippen LogP contribution in [0.5, 0.6) is 0 Å². The number of amides is 2. The van der Waals surface area contributed by atoms with Crippen LogP contribution in [0.4, 0.5) is 9.59 Å². The zero-order valence-corrected chi connectivity index (χ0v) is 13.4. The van der Waals surface area contributed by atoms with Crippen molar-refractivity contribution in [1.82, 2.24) is 10.6 Å². The van der Waals surface area contributed by atoms with Gasteiger partial charge in [0.25, 0.3) is 0 Å². The van der Waals surface area contributed by atoms with Gasteiger partial charge in [-0.15, -0.1) is 0 Å². The van der Waals surface area contributed by atoms with Crippen molar-refractivity contribution in [2.45, 2.75) is 13.1 Å². The summed E-state index contributed by atoms with van der Waals surface area (Å²) in [6, 6.07) is 18.8. The molecule has 0 aliphatic heterocycles. The Balaban J connectivity index is 0.000000403. The summed E-state index contributed by atoms with van der Waals surface area (Å²) in [7, 11) is 0. The summed E-state index contributed by atoms with van der Waals surface area (Å²) in [5.41, 5.74) is 1.94. The van der Waals surface area contributed by atoms with E-state index in [1.807, 2.05) is 60.7 Å². The number of carbonyl (C=O) groups is 2. The van der Waals surface area contributed by atoms with Crippen molar-refractivity contribution in [3.8, 4) is 0 Å². The maximum absolute atomic E-state index is 10.1. The van der Waals surface area contributed by atoms with E-state index in [4.69, 9.17) is 10.2 Å². The van der Waals surface area contributed by atoms with Crippen molar-refractivity contribution in [2.75, 3.05) is 0 Å². The average molecular weight is 336 g/mol. The summed E-state index contributed by atoms with van der Waals surface area (Å²) >= 11 is 0. The van der Waals surface area contributed by atoms with Crippen LogP contribution in [0.1, 0.15) is 11.1 Å². The lowest BCUT2D eigenvalue weighted by atomic mass is 10.2. The Bertz CT molecular complexity index is 526. The summed E-state index contributed by atoms with van der Waals surface area (Å²) in [5.74, 6) is 0. The lowest BCUT2D eigenvalue weighted by Crippen LogP contribution is -2.19. The van der Waals surface area contributed by atoms with E-state index in [0.29, 0.717) is 13.1 Å². The van der Waals surface area contributed by atoms with Crippen LogP contribution in [0.3, 0.4) is 0 Å². The van der Waals surface area contributed by atoms with Crippen LogP contribution in [0, 0.1) is 0 Å². The third-order valence-electron chi connectivity index (χ3n) is 2.57. The van der Waals surface area contributed by atoms with Gasteiger partial charge in [0.2, 0.25) is 0 Å². The van der Waals surface area contributed by atoms with Gasteiger partial charge >= 0.3 is 12.2 Å². The van der Waals surface area contributed by atoms with Gasteiger partial charge < -0.3 is 20.8 Å². The van der Waals surface area contributed by atoms with Crippen molar-refractivity contribution in [1.29, 1.82) is 0 Å². The molecule has 2 rings (SSSR count). The molecule has 0 fully saturated rings. The van der Waals surface area contributed by atoms with E-state index < -0.39 is 12.2 Å². The molecule has 0 aliphatic carbocycles. The molecule has 6 nitrogen and oxygen atoms in total. The number of carboxylic acid groups (broad SMARTS) is 2. The zero-order valence-electron chi connectivity index (χ0n) is 12.4. The number of hydrogen-bond acceptors (Lipinski definition) is 2. The molecule has 4 N–H and O–H groups in total. The van der Waals surface area contributed by atoms with E-state index >= 15 is 0 Å². The van der Waals surface area contributed by atoms with Crippen molar-refractivity contribution >= 4 is 25.7 Å². The standard InChI is InChI=1S/2C8H9NO2.H2S/c2*10-8(11)9-6-7-4-2-1-3-5-7;/h2*1-5,9H,6H2,(H,10,11);1H2. The molecule has 0 saturated heterocycles. The van der Waals surface area contributed by atoms with E-state index in [-0.39, 0.29) is 13.5 Å². The largest absolute Gasteiger partial charge is 0.465 e. The van der Waals surface area contributed by atoms with Gasteiger partial charge in [-0.1, -0.05) is 60.7 Å². The molecule has 0 heterocycles. The molecule has 0 aromatic heterocycles. The van der Waals surface area contributed by atoms with Crippen LogP contribution >= 0.6 is 13.5 Å². The van der Waals surface area contributed by atoms with E-state index in [2.05, 4.69) is 10.6 Å². The van der Waals surface area contributed by atoms with Crippen LogP contribution in [-0.2, 0) is 13.1 Å². The third-order valence-corrected chi connectivity index (χ3v) is 2.57. The van der Waals surface area contributed by atoms with Gasteiger partial charge in [-0.05, 0) is 11.1 Å². The van der Waals surface area contributed by atoms with Crippen molar-refractivity contribution in [2.24, 2.45) is 0 Å². The van der Waals surface area contributed by atoms with Crippen molar-refractivity contribution < 1.29 is 19.8 Å². The van der Waals surface area contributed by atoms with E-state index in [1.54, 1.807) is 0 Å². The molecule has 2 aromatic carbocycles. The Kier molecular flexibility index (Phi) is 10.5. The molecule has 124 valence electrons. The fraction of sp³-hybridized carbons (Fsp3) is 0.125. The average Bonchev–Trinajstić information content (AvgIpc) is 2.53. The highest BCUT2D eigenvalue weighted by molar-refractivity contribution is 7.59. The molecule has 0 radical (unpaired) electrons. The first-order valence-electron chi connectivity index (χ1n) is 6.59. The Morgan fingerprint density at radius 3 is 1.26 bits per heavy atom. The quantitative estimate of drug-likeness (QED) is 0.690. The Morgan fingerprint density at radius 1 is 0.696 bits per heavy atom. The highest BCUT2D eigenvalue weighted by Crippen LogP contribution is 1.97. The van der Waals surface area contributed by atoms with Gasteiger partial charge in [0.05, 0.1) is 0 Å². The topological polar surface area (TPSA) is 98.7 Å². The second kappa shape index (κ2) is 11.9.